The summed E-state index contributed by atoms with van der Waals surface area (Å²) in [5.74, 6) is 2.29. The Kier molecular flexibility index (Phi) is 3.35. The van der Waals surface area contributed by atoms with Crippen molar-refractivity contribution in [3.63, 3.8) is 0 Å². The number of alkyl halides is 2. The van der Waals surface area contributed by atoms with Gasteiger partial charge in [-0.3, -0.25) is 0 Å². The summed E-state index contributed by atoms with van der Waals surface area (Å²) in [6.07, 6.45) is 4.23. The minimum absolute atomic E-state index is 0.0170. The Morgan fingerprint density at radius 2 is 1.50 bits per heavy atom. The Morgan fingerprint density at radius 3 is 1.94 bits per heavy atom. The van der Waals surface area contributed by atoms with E-state index in [0.717, 1.165) is 37.0 Å². The number of hydrogen-bond donors (Lipinski definition) is 1. The van der Waals surface area contributed by atoms with Crippen LogP contribution in [0.15, 0.2) is 0 Å². The first-order valence-electron chi connectivity index (χ1n) is 7.11. The second kappa shape index (κ2) is 4.71. The molecule has 1 unspecified atom stereocenters. The maximum atomic E-state index is 12.0. The highest BCUT2D eigenvalue weighted by Gasteiger charge is 2.53. The van der Waals surface area contributed by atoms with Gasteiger partial charge in [-0.1, -0.05) is 0 Å². The zero-order chi connectivity index (χ0) is 12.8. The van der Waals surface area contributed by atoms with Gasteiger partial charge in [0.2, 0.25) is 0 Å². The van der Waals surface area contributed by atoms with E-state index in [-0.39, 0.29) is 12.0 Å². The fraction of sp³-hybridized carbons (Fsp3) is 1.00. The molecular weight excluding hydrogens is 238 g/mol. The van der Waals surface area contributed by atoms with Crippen LogP contribution in [0.3, 0.4) is 0 Å². The van der Waals surface area contributed by atoms with Crippen molar-refractivity contribution in [1.82, 2.24) is 0 Å². The first-order valence-corrected chi connectivity index (χ1v) is 7.11. The first kappa shape index (κ1) is 12.8. The van der Waals surface area contributed by atoms with Gasteiger partial charge < -0.3 is 9.84 Å². The fourth-order valence-corrected chi connectivity index (χ4v) is 5.03. The Labute approximate surface area is 107 Å². The van der Waals surface area contributed by atoms with E-state index in [1.807, 2.05) is 0 Å². The number of aliphatic hydroxyl groups excluding tert-OH is 1. The molecule has 4 heteroatoms. The predicted octanol–water partition coefficient (Wildman–Crippen LogP) is 2.85. The van der Waals surface area contributed by atoms with Crippen molar-refractivity contribution in [2.24, 2.45) is 23.2 Å². The molecule has 104 valence electrons. The molecule has 0 radical (unpaired) electrons. The molecule has 0 heterocycles. The third-order valence-corrected chi connectivity index (χ3v) is 5.31. The lowest BCUT2D eigenvalue weighted by atomic mass is 9.48. The third kappa shape index (κ3) is 2.29. The zero-order valence-electron chi connectivity index (χ0n) is 10.7. The van der Waals surface area contributed by atoms with Gasteiger partial charge >= 0.3 is 0 Å². The number of hydrogen-bond acceptors (Lipinski definition) is 2. The zero-order valence-corrected chi connectivity index (χ0v) is 10.7. The minimum Gasteiger partial charge on any atom is -0.390 e. The van der Waals surface area contributed by atoms with E-state index in [1.54, 1.807) is 0 Å². The SMILES string of the molecule is OC(COCC(F)F)C12CC3CC(CC(C3)C1)C2. The molecule has 1 atom stereocenters. The fourth-order valence-electron chi connectivity index (χ4n) is 5.03. The van der Waals surface area contributed by atoms with Gasteiger partial charge in [0, 0.05) is 0 Å². The van der Waals surface area contributed by atoms with E-state index in [0.29, 0.717) is 0 Å². The van der Waals surface area contributed by atoms with Crippen LogP contribution in [-0.2, 0) is 4.74 Å². The van der Waals surface area contributed by atoms with Crippen LogP contribution in [0, 0.1) is 23.2 Å². The average Bonchev–Trinajstić information content (AvgIpc) is 2.26. The monoisotopic (exact) mass is 260 g/mol. The van der Waals surface area contributed by atoms with Crippen LogP contribution < -0.4 is 0 Å². The molecule has 1 N–H and O–H groups in total. The second-order valence-corrected chi connectivity index (χ2v) is 6.72. The Balaban J connectivity index is 1.60. The Bertz CT molecular complexity index is 271. The molecule has 18 heavy (non-hydrogen) atoms. The first-order chi connectivity index (χ1) is 8.57. The molecule has 4 saturated carbocycles. The van der Waals surface area contributed by atoms with Gasteiger partial charge in [-0.15, -0.1) is 0 Å². The van der Waals surface area contributed by atoms with Crippen LogP contribution in [0.25, 0.3) is 0 Å². The summed E-state index contributed by atoms with van der Waals surface area (Å²) < 4.78 is 29.0. The van der Waals surface area contributed by atoms with Crippen LogP contribution in [0.4, 0.5) is 8.78 Å². The van der Waals surface area contributed by atoms with Crippen molar-refractivity contribution in [2.75, 3.05) is 13.2 Å². The smallest absolute Gasteiger partial charge is 0.261 e. The molecule has 2 nitrogen and oxygen atoms in total. The number of aliphatic hydroxyl groups is 1. The highest BCUT2D eigenvalue weighted by molar-refractivity contribution is 5.04. The number of halogens is 2. The van der Waals surface area contributed by atoms with Crippen LogP contribution in [0.2, 0.25) is 0 Å². The summed E-state index contributed by atoms with van der Waals surface area (Å²) in [4.78, 5) is 0. The number of ether oxygens (including phenoxy) is 1. The quantitative estimate of drug-likeness (QED) is 0.823. The topological polar surface area (TPSA) is 29.5 Å². The van der Waals surface area contributed by atoms with Gasteiger partial charge in [0.1, 0.15) is 6.61 Å². The lowest BCUT2D eigenvalue weighted by molar-refractivity contribution is -0.144. The largest absolute Gasteiger partial charge is 0.390 e. The minimum atomic E-state index is -2.44. The van der Waals surface area contributed by atoms with Crippen LogP contribution in [0.5, 0.6) is 0 Å². The molecule has 0 aliphatic heterocycles. The van der Waals surface area contributed by atoms with Crippen LogP contribution in [0.1, 0.15) is 38.5 Å². The maximum Gasteiger partial charge on any atom is 0.261 e. The average molecular weight is 260 g/mol. The number of rotatable bonds is 5. The molecule has 0 spiro atoms. The van der Waals surface area contributed by atoms with Gasteiger partial charge in [0.05, 0.1) is 12.7 Å². The summed E-state index contributed by atoms with van der Waals surface area (Å²) >= 11 is 0. The highest BCUT2D eigenvalue weighted by Crippen LogP contribution is 2.61. The molecule has 4 rings (SSSR count). The molecular formula is C14H22F2O2. The summed E-state index contributed by atoms with van der Waals surface area (Å²) in [6, 6.07) is 0. The van der Waals surface area contributed by atoms with Crippen molar-refractivity contribution in [1.29, 1.82) is 0 Å². The molecule has 0 aromatic carbocycles. The van der Waals surface area contributed by atoms with E-state index >= 15 is 0 Å². The van der Waals surface area contributed by atoms with E-state index in [2.05, 4.69) is 0 Å². The second-order valence-electron chi connectivity index (χ2n) is 6.72. The van der Waals surface area contributed by atoms with E-state index in [1.165, 1.54) is 19.3 Å². The normalized spacial score (nSPS) is 43.7. The summed E-state index contributed by atoms with van der Waals surface area (Å²) in [7, 11) is 0. The van der Waals surface area contributed by atoms with Gasteiger partial charge in [-0.2, -0.15) is 0 Å². The van der Waals surface area contributed by atoms with Crippen molar-refractivity contribution in [3.05, 3.63) is 0 Å². The van der Waals surface area contributed by atoms with Crippen LogP contribution in [-0.4, -0.2) is 30.8 Å². The van der Waals surface area contributed by atoms with E-state index in [9.17, 15) is 13.9 Å². The molecule has 0 amide bonds. The summed E-state index contributed by atoms with van der Waals surface area (Å²) in [6.45, 7) is -0.472. The molecule has 4 aliphatic rings. The molecule has 0 saturated heterocycles. The van der Waals surface area contributed by atoms with Gasteiger partial charge in [-0.25, -0.2) is 8.78 Å². The molecule has 0 aromatic rings. The molecule has 4 bridgehead atoms. The van der Waals surface area contributed by atoms with Crippen molar-refractivity contribution in [2.45, 2.75) is 51.1 Å². The standard InChI is InChI=1S/C14H22F2O2/c15-13(16)8-18-7-12(17)14-4-9-1-10(5-14)3-11(2-9)6-14/h9-13,17H,1-8H2. The van der Waals surface area contributed by atoms with E-state index in [4.69, 9.17) is 4.74 Å². The van der Waals surface area contributed by atoms with Crippen molar-refractivity contribution in [3.8, 4) is 0 Å². The molecule has 0 aromatic heterocycles. The van der Waals surface area contributed by atoms with Gasteiger partial charge in [0.25, 0.3) is 6.43 Å². The lowest BCUT2D eigenvalue weighted by Crippen LogP contribution is -2.52. The highest BCUT2D eigenvalue weighted by atomic mass is 19.3. The third-order valence-electron chi connectivity index (χ3n) is 5.31. The summed E-state index contributed by atoms with van der Waals surface area (Å²) in [5, 5.41) is 10.4. The van der Waals surface area contributed by atoms with Gasteiger partial charge in [0.15, 0.2) is 0 Å². The Morgan fingerprint density at radius 1 is 1.00 bits per heavy atom. The van der Waals surface area contributed by atoms with Crippen molar-refractivity contribution >= 4 is 0 Å². The maximum absolute atomic E-state index is 12.0. The molecule has 4 fully saturated rings. The van der Waals surface area contributed by atoms with Crippen molar-refractivity contribution < 1.29 is 18.6 Å². The Hall–Kier alpha value is -0.220. The van der Waals surface area contributed by atoms with E-state index < -0.39 is 19.1 Å². The summed E-state index contributed by atoms with van der Waals surface area (Å²) in [5.41, 5.74) is -0.0170. The predicted molar refractivity (Wildman–Crippen MR) is 63.4 cm³/mol. The lowest BCUT2D eigenvalue weighted by Gasteiger charge is -2.58. The molecule has 4 aliphatic carbocycles. The van der Waals surface area contributed by atoms with Gasteiger partial charge in [-0.05, 0) is 61.7 Å². The van der Waals surface area contributed by atoms with Crippen LogP contribution >= 0.6 is 0 Å².